The number of ketones is 1. The molecule has 0 aromatic heterocycles. The summed E-state index contributed by atoms with van der Waals surface area (Å²) in [5.74, 6) is -3.68. The van der Waals surface area contributed by atoms with E-state index in [2.05, 4.69) is 16.0 Å². The monoisotopic (exact) mass is 643 g/mol. The van der Waals surface area contributed by atoms with Gasteiger partial charge in [0.15, 0.2) is 5.78 Å². The van der Waals surface area contributed by atoms with Crippen LogP contribution in [0.1, 0.15) is 59.4 Å². The number of hydrogen-bond donors (Lipinski definition) is 4. The van der Waals surface area contributed by atoms with Gasteiger partial charge in [0.05, 0.1) is 24.6 Å². The Balaban J connectivity index is 1.98. The van der Waals surface area contributed by atoms with Crippen LogP contribution in [0.15, 0.2) is 36.4 Å². The zero-order valence-corrected chi connectivity index (χ0v) is 27.1. The van der Waals surface area contributed by atoms with Crippen LogP contribution in [-0.2, 0) is 44.8 Å². The van der Waals surface area contributed by atoms with Gasteiger partial charge in [0.2, 0.25) is 11.8 Å². The molecule has 6 amide bonds. The number of anilines is 1. The highest BCUT2D eigenvalue weighted by Gasteiger charge is 2.30. The fourth-order valence-corrected chi connectivity index (χ4v) is 4.36. The fraction of sp³-hybridized carbons (Fsp3) is 0.531. The summed E-state index contributed by atoms with van der Waals surface area (Å²) >= 11 is 0. The van der Waals surface area contributed by atoms with Gasteiger partial charge in [0.1, 0.15) is 13.2 Å². The molecular weight excluding hydrogens is 598 g/mol. The molecule has 0 radical (unpaired) electrons. The zero-order valence-electron chi connectivity index (χ0n) is 27.1. The summed E-state index contributed by atoms with van der Waals surface area (Å²) in [7, 11) is 0. The summed E-state index contributed by atoms with van der Waals surface area (Å²) in [5, 5.41) is 7.93. The highest BCUT2D eigenvalue weighted by Crippen LogP contribution is 2.20. The first-order valence-electron chi connectivity index (χ1n) is 15.1. The first-order chi connectivity index (χ1) is 21.6. The largest absolute Gasteiger partial charge is 0.460 e. The molecule has 1 heterocycles. The van der Waals surface area contributed by atoms with Crippen molar-refractivity contribution in [3.63, 3.8) is 0 Å². The Hall–Kier alpha value is -4.59. The molecule has 0 saturated carbocycles. The number of ether oxygens (including phenoxy) is 2. The summed E-state index contributed by atoms with van der Waals surface area (Å²) in [6.45, 7) is 8.62. The van der Waals surface area contributed by atoms with Crippen molar-refractivity contribution in [1.82, 2.24) is 15.5 Å². The second kappa shape index (κ2) is 17.8. The number of Topliss-reactive ketones (excluding diaryl/α,β-unsaturated/α-hetero) is 1. The van der Waals surface area contributed by atoms with Crippen LogP contribution < -0.4 is 21.7 Å². The van der Waals surface area contributed by atoms with E-state index in [0.29, 0.717) is 12.1 Å². The van der Waals surface area contributed by atoms with E-state index >= 15 is 0 Å². The van der Waals surface area contributed by atoms with Crippen LogP contribution in [0, 0.1) is 17.3 Å². The van der Waals surface area contributed by atoms with Gasteiger partial charge in [-0.1, -0.05) is 26.0 Å². The number of amides is 6. The first-order valence-corrected chi connectivity index (χ1v) is 15.1. The SMILES string of the molecule is CC(C)[C@@H](NC(=O)COCCN1C(=O)C=CC1=O)C(=O)C[C@H](CCCNC(N)=O)C(=O)Nc1ccc(COC(=O)C(C)(C)C)cc1. The summed E-state index contributed by atoms with van der Waals surface area (Å²) in [5.41, 5.74) is 5.71. The molecule has 1 aliphatic heterocycles. The lowest BCUT2D eigenvalue weighted by atomic mass is 9.89. The van der Waals surface area contributed by atoms with Gasteiger partial charge >= 0.3 is 12.0 Å². The standard InChI is InChI=1S/C32H45N5O9/c1-20(2)28(36-25(39)19-45-16-15-37-26(40)12-13-27(37)41)24(38)17-22(7-6-14-34-31(33)44)29(42)35-23-10-8-21(9-11-23)18-46-30(43)32(3,4)5/h8-13,20,22,28H,6-7,14-19H2,1-5H3,(H,35,42)(H,36,39)(H3,33,34,44)/t22-,28+/m0/s1. The molecule has 0 unspecified atom stereocenters. The molecule has 46 heavy (non-hydrogen) atoms. The second-order valence-corrected chi connectivity index (χ2v) is 12.3. The Morgan fingerprint density at radius 3 is 2.17 bits per heavy atom. The first kappa shape index (κ1) is 37.6. The van der Waals surface area contributed by atoms with E-state index in [4.69, 9.17) is 15.2 Å². The van der Waals surface area contributed by atoms with Gasteiger partial charge in [0, 0.05) is 36.7 Å². The Labute approximate surface area is 268 Å². The maximum Gasteiger partial charge on any atom is 0.312 e. The molecule has 2 rings (SSSR count). The molecule has 0 saturated heterocycles. The van der Waals surface area contributed by atoms with Crippen LogP contribution in [0.4, 0.5) is 10.5 Å². The van der Waals surface area contributed by atoms with Gasteiger partial charge in [-0.25, -0.2) is 4.79 Å². The molecule has 14 nitrogen and oxygen atoms in total. The van der Waals surface area contributed by atoms with Gasteiger partial charge < -0.3 is 31.2 Å². The smallest absolute Gasteiger partial charge is 0.312 e. The number of hydrogen-bond acceptors (Lipinski definition) is 9. The maximum atomic E-state index is 13.4. The number of nitrogens with one attached hydrogen (secondary N) is 3. The van der Waals surface area contributed by atoms with Crippen molar-refractivity contribution in [3.8, 4) is 0 Å². The minimum absolute atomic E-state index is 0.0146. The maximum absolute atomic E-state index is 13.4. The molecule has 2 atom stereocenters. The van der Waals surface area contributed by atoms with Crippen molar-refractivity contribution in [3.05, 3.63) is 42.0 Å². The third-order valence-corrected chi connectivity index (χ3v) is 6.97. The Morgan fingerprint density at radius 1 is 0.978 bits per heavy atom. The number of benzene rings is 1. The van der Waals surface area contributed by atoms with Crippen LogP contribution >= 0.6 is 0 Å². The van der Waals surface area contributed by atoms with Crippen molar-refractivity contribution in [1.29, 1.82) is 0 Å². The molecule has 252 valence electrons. The lowest BCUT2D eigenvalue weighted by Crippen LogP contribution is -2.47. The molecule has 1 aliphatic rings. The van der Waals surface area contributed by atoms with Crippen molar-refractivity contribution in [2.24, 2.45) is 23.0 Å². The third-order valence-electron chi connectivity index (χ3n) is 6.97. The van der Waals surface area contributed by atoms with E-state index in [-0.39, 0.29) is 56.8 Å². The molecule has 0 bridgehead atoms. The predicted octanol–water partition coefficient (Wildman–Crippen LogP) is 1.82. The highest BCUT2D eigenvalue weighted by atomic mass is 16.5. The lowest BCUT2D eigenvalue weighted by molar-refractivity contribution is -0.154. The topological polar surface area (TPSA) is 203 Å². The van der Waals surface area contributed by atoms with Gasteiger partial charge in [-0.15, -0.1) is 0 Å². The Kier molecular flexibility index (Phi) is 14.5. The third kappa shape index (κ3) is 12.8. The van der Waals surface area contributed by atoms with E-state index < -0.39 is 53.6 Å². The van der Waals surface area contributed by atoms with E-state index in [0.717, 1.165) is 22.6 Å². The quantitative estimate of drug-likeness (QED) is 0.105. The van der Waals surface area contributed by atoms with Crippen LogP contribution in [0.25, 0.3) is 0 Å². The molecule has 0 spiro atoms. The Morgan fingerprint density at radius 2 is 1.61 bits per heavy atom. The van der Waals surface area contributed by atoms with Gasteiger partial charge in [0.25, 0.3) is 11.8 Å². The number of rotatable bonds is 18. The van der Waals surface area contributed by atoms with Crippen molar-refractivity contribution in [2.45, 2.75) is 66.5 Å². The van der Waals surface area contributed by atoms with Crippen LogP contribution in [0.2, 0.25) is 0 Å². The van der Waals surface area contributed by atoms with Crippen LogP contribution in [0.5, 0.6) is 0 Å². The fourth-order valence-electron chi connectivity index (χ4n) is 4.36. The second-order valence-electron chi connectivity index (χ2n) is 12.3. The van der Waals surface area contributed by atoms with E-state index in [1.54, 1.807) is 58.9 Å². The number of primary amides is 1. The van der Waals surface area contributed by atoms with Crippen LogP contribution in [-0.4, -0.2) is 78.7 Å². The van der Waals surface area contributed by atoms with Gasteiger partial charge in [-0.2, -0.15) is 0 Å². The number of imide groups is 1. The molecule has 1 aromatic rings. The molecular formula is C32H45N5O9. The predicted molar refractivity (Wildman–Crippen MR) is 168 cm³/mol. The minimum Gasteiger partial charge on any atom is -0.460 e. The van der Waals surface area contributed by atoms with Crippen molar-refractivity contribution >= 4 is 47.1 Å². The molecule has 14 heteroatoms. The molecule has 5 N–H and O–H groups in total. The highest BCUT2D eigenvalue weighted by molar-refractivity contribution is 6.12. The number of esters is 1. The zero-order chi connectivity index (χ0) is 34.4. The average molecular weight is 644 g/mol. The number of nitrogens with two attached hydrogens (primary N) is 1. The van der Waals surface area contributed by atoms with Gasteiger partial charge in [-0.3, -0.25) is 33.7 Å². The van der Waals surface area contributed by atoms with Crippen molar-refractivity contribution in [2.75, 3.05) is 31.6 Å². The molecule has 1 aromatic carbocycles. The normalized spacial score (nSPS) is 14.2. The number of urea groups is 1. The van der Waals surface area contributed by atoms with E-state index in [1.807, 2.05) is 0 Å². The number of nitrogens with zero attached hydrogens (tertiary/aromatic N) is 1. The summed E-state index contributed by atoms with van der Waals surface area (Å²) in [4.78, 5) is 86.6. The lowest BCUT2D eigenvalue weighted by Gasteiger charge is -2.24. The number of carbonyl (C=O) groups is 7. The van der Waals surface area contributed by atoms with Crippen LogP contribution in [0.3, 0.4) is 0 Å². The van der Waals surface area contributed by atoms with E-state index in [9.17, 15) is 33.6 Å². The Bertz CT molecular complexity index is 1280. The number of carbonyl (C=O) groups excluding carboxylic acids is 7. The average Bonchev–Trinajstić information content (AvgIpc) is 3.30. The summed E-state index contributed by atoms with van der Waals surface area (Å²) in [6, 6.07) is 5.14. The molecule has 0 fully saturated rings. The van der Waals surface area contributed by atoms with Gasteiger partial charge in [-0.05, 0) is 57.2 Å². The summed E-state index contributed by atoms with van der Waals surface area (Å²) < 4.78 is 10.6. The summed E-state index contributed by atoms with van der Waals surface area (Å²) in [6.07, 6.45) is 2.75. The van der Waals surface area contributed by atoms with Crippen molar-refractivity contribution < 1.29 is 43.0 Å². The van der Waals surface area contributed by atoms with E-state index in [1.165, 1.54) is 0 Å². The molecule has 0 aliphatic carbocycles. The minimum atomic E-state index is -0.906.